The standard InChI is InChI=1S/C8H7FO2S/c1-4-6(8(10)11)2-5(9)3-7(4)12/h2-3,12H,1H3,(H,10,11). The molecular formula is C8H7FO2S. The fraction of sp³-hybridized carbons (Fsp3) is 0.125. The van der Waals surface area contributed by atoms with Gasteiger partial charge in [-0.2, -0.15) is 0 Å². The Morgan fingerprint density at radius 3 is 2.67 bits per heavy atom. The molecule has 0 radical (unpaired) electrons. The van der Waals surface area contributed by atoms with E-state index in [1.54, 1.807) is 6.92 Å². The number of halogens is 1. The summed E-state index contributed by atoms with van der Waals surface area (Å²) in [4.78, 5) is 10.9. The molecule has 0 heterocycles. The first-order valence-electron chi connectivity index (χ1n) is 3.25. The Hall–Kier alpha value is -1.03. The number of thiol groups is 1. The van der Waals surface area contributed by atoms with Crippen molar-refractivity contribution in [2.24, 2.45) is 0 Å². The summed E-state index contributed by atoms with van der Waals surface area (Å²) in [5.41, 5.74) is 0.437. The molecule has 1 rings (SSSR count). The van der Waals surface area contributed by atoms with E-state index in [1.165, 1.54) is 6.07 Å². The smallest absolute Gasteiger partial charge is 0.336 e. The van der Waals surface area contributed by atoms with Crippen molar-refractivity contribution in [3.8, 4) is 0 Å². The van der Waals surface area contributed by atoms with Gasteiger partial charge in [-0.1, -0.05) is 0 Å². The number of hydrogen-bond acceptors (Lipinski definition) is 2. The Labute approximate surface area is 74.4 Å². The third-order valence-electron chi connectivity index (χ3n) is 1.58. The van der Waals surface area contributed by atoms with Crippen molar-refractivity contribution in [2.75, 3.05) is 0 Å². The maximum absolute atomic E-state index is 12.7. The molecule has 0 unspecified atom stereocenters. The normalized spacial score (nSPS) is 9.92. The second-order valence-electron chi connectivity index (χ2n) is 2.40. The molecular weight excluding hydrogens is 179 g/mol. The van der Waals surface area contributed by atoms with Crippen molar-refractivity contribution >= 4 is 18.6 Å². The SMILES string of the molecule is Cc1c(S)cc(F)cc1C(=O)O. The highest BCUT2D eigenvalue weighted by Crippen LogP contribution is 2.19. The average Bonchev–Trinajstić information content (AvgIpc) is 1.96. The number of aromatic carboxylic acids is 1. The number of carboxylic acid groups (broad SMARTS) is 1. The van der Waals surface area contributed by atoms with Gasteiger partial charge in [-0.3, -0.25) is 0 Å². The lowest BCUT2D eigenvalue weighted by Crippen LogP contribution is -2.01. The van der Waals surface area contributed by atoms with Gasteiger partial charge in [0.2, 0.25) is 0 Å². The molecule has 0 saturated carbocycles. The maximum atomic E-state index is 12.7. The molecule has 0 bridgehead atoms. The monoisotopic (exact) mass is 186 g/mol. The molecule has 0 atom stereocenters. The summed E-state index contributed by atoms with van der Waals surface area (Å²) in [5, 5.41) is 8.61. The Morgan fingerprint density at radius 1 is 1.58 bits per heavy atom. The van der Waals surface area contributed by atoms with Crippen LogP contribution in [0.15, 0.2) is 17.0 Å². The van der Waals surface area contributed by atoms with Gasteiger partial charge in [0.05, 0.1) is 5.56 Å². The quantitative estimate of drug-likeness (QED) is 0.659. The van der Waals surface area contributed by atoms with Crippen LogP contribution in [0.4, 0.5) is 4.39 Å². The second kappa shape index (κ2) is 3.15. The van der Waals surface area contributed by atoms with Gasteiger partial charge in [-0.05, 0) is 24.6 Å². The number of benzene rings is 1. The van der Waals surface area contributed by atoms with Crippen LogP contribution < -0.4 is 0 Å². The zero-order valence-electron chi connectivity index (χ0n) is 6.34. The van der Waals surface area contributed by atoms with E-state index in [4.69, 9.17) is 5.11 Å². The predicted molar refractivity (Wildman–Crippen MR) is 45.3 cm³/mol. The molecule has 2 nitrogen and oxygen atoms in total. The first-order chi connectivity index (χ1) is 5.52. The van der Waals surface area contributed by atoms with Crippen LogP contribution in [0.25, 0.3) is 0 Å². The van der Waals surface area contributed by atoms with Crippen molar-refractivity contribution in [1.82, 2.24) is 0 Å². The van der Waals surface area contributed by atoms with Crippen LogP contribution in [-0.2, 0) is 0 Å². The van der Waals surface area contributed by atoms with E-state index in [-0.39, 0.29) is 5.56 Å². The largest absolute Gasteiger partial charge is 0.478 e. The third kappa shape index (κ3) is 1.58. The molecule has 1 aromatic carbocycles. The van der Waals surface area contributed by atoms with E-state index in [1.807, 2.05) is 0 Å². The summed E-state index contributed by atoms with van der Waals surface area (Å²) in [6.07, 6.45) is 0. The molecule has 64 valence electrons. The van der Waals surface area contributed by atoms with Gasteiger partial charge in [0.15, 0.2) is 0 Å². The van der Waals surface area contributed by atoms with Crippen molar-refractivity contribution in [1.29, 1.82) is 0 Å². The van der Waals surface area contributed by atoms with E-state index in [9.17, 15) is 9.18 Å². The molecule has 1 N–H and O–H groups in total. The van der Waals surface area contributed by atoms with E-state index < -0.39 is 11.8 Å². The Kier molecular flexibility index (Phi) is 2.38. The van der Waals surface area contributed by atoms with Crippen LogP contribution in [0, 0.1) is 12.7 Å². The molecule has 4 heteroatoms. The van der Waals surface area contributed by atoms with E-state index in [0.29, 0.717) is 10.5 Å². The van der Waals surface area contributed by atoms with E-state index >= 15 is 0 Å². The molecule has 0 saturated heterocycles. The highest BCUT2D eigenvalue weighted by Gasteiger charge is 2.10. The second-order valence-corrected chi connectivity index (χ2v) is 2.88. The highest BCUT2D eigenvalue weighted by molar-refractivity contribution is 7.80. The number of carboxylic acids is 1. The van der Waals surface area contributed by atoms with Gasteiger partial charge in [-0.15, -0.1) is 12.6 Å². The number of hydrogen-bond donors (Lipinski definition) is 2. The van der Waals surface area contributed by atoms with Gasteiger partial charge in [0, 0.05) is 4.90 Å². The molecule has 0 aliphatic heterocycles. The van der Waals surface area contributed by atoms with Crippen LogP contribution in [-0.4, -0.2) is 11.1 Å². The molecule has 0 aliphatic rings. The molecule has 0 spiro atoms. The summed E-state index contributed by atoms with van der Waals surface area (Å²) in [5.74, 6) is -1.72. The fourth-order valence-corrected chi connectivity index (χ4v) is 1.13. The minimum atomic E-state index is -1.14. The molecule has 1 aromatic rings. The lowest BCUT2D eigenvalue weighted by molar-refractivity contribution is 0.0695. The first kappa shape index (κ1) is 9.06. The molecule has 0 aliphatic carbocycles. The number of rotatable bonds is 1. The first-order valence-corrected chi connectivity index (χ1v) is 3.69. The van der Waals surface area contributed by atoms with Crippen molar-refractivity contribution in [3.63, 3.8) is 0 Å². The highest BCUT2D eigenvalue weighted by atomic mass is 32.1. The van der Waals surface area contributed by atoms with Gasteiger partial charge < -0.3 is 5.11 Å². The maximum Gasteiger partial charge on any atom is 0.336 e. The number of carbonyl (C=O) groups is 1. The van der Waals surface area contributed by atoms with Crippen LogP contribution >= 0.6 is 12.6 Å². The molecule has 0 fully saturated rings. The van der Waals surface area contributed by atoms with Crippen LogP contribution in [0.2, 0.25) is 0 Å². The van der Waals surface area contributed by atoms with Crippen molar-refractivity contribution in [3.05, 3.63) is 29.1 Å². The Morgan fingerprint density at radius 2 is 2.17 bits per heavy atom. The summed E-state index contributed by atoms with van der Waals surface area (Å²) in [6.45, 7) is 1.59. The van der Waals surface area contributed by atoms with Gasteiger partial charge in [-0.25, -0.2) is 9.18 Å². The lowest BCUT2D eigenvalue weighted by atomic mass is 10.1. The Balaban J connectivity index is 3.37. The van der Waals surface area contributed by atoms with E-state index in [2.05, 4.69) is 12.6 Å². The third-order valence-corrected chi connectivity index (χ3v) is 2.04. The fourth-order valence-electron chi connectivity index (χ4n) is 0.887. The molecule has 12 heavy (non-hydrogen) atoms. The van der Waals surface area contributed by atoms with Crippen LogP contribution in [0.1, 0.15) is 15.9 Å². The summed E-state index contributed by atoms with van der Waals surface area (Å²) >= 11 is 3.93. The van der Waals surface area contributed by atoms with Crippen LogP contribution in [0.3, 0.4) is 0 Å². The van der Waals surface area contributed by atoms with Gasteiger partial charge >= 0.3 is 5.97 Å². The van der Waals surface area contributed by atoms with Gasteiger partial charge in [0.1, 0.15) is 5.82 Å². The minimum Gasteiger partial charge on any atom is -0.478 e. The zero-order valence-corrected chi connectivity index (χ0v) is 7.23. The lowest BCUT2D eigenvalue weighted by Gasteiger charge is -2.03. The van der Waals surface area contributed by atoms with E-state index in [0.717, 1.165) is 6.07 Å². The molecule has 0 aromatic heterocycles. The van der Waals surface area contributed by atoms with Crippen molar-refractivity contribution in [2.45, 2.75) is 11.8 Å². The van der Waals surface area contributed by atoms with Crippen LogP contribution in [0.5, 0.6) is 0 Å². The summed E-state index contributed by atoms with van der Waals surface area (Å²) in [7, 11) is 0. The van der Waals surface area contributed by atoms with Gasteiger partial charge in [0.25, 0.3) is 0 Å². The molecule has 0 amide bonds. The minimum absolute atomic E-state index is 0.0417. The predicted octanol–water partition coefficient (Wildman–Crippen LogP) is 2.12. The zero-order chi connectivity index (χ0) is 9.30. The average molecular weight is 186 g/mol. The van der Waals surface area contributed by atoms with Crippen molar-refractivity contribution < 1.29 is 14.3 Å². The topological polar surface area (TPSA) is 37.3 Å². The summed E-state index contributed by atoms with van der Waals surface area (Å²) in [6, 6.07) is 2.17. The Bertz CT molecular complexity index is 336. The summed E-state index contributed by atoms with van der Waals surface area (Å²) < 4.78 is 12.7.